The van der Waals surface area contributed by atoms with Crippen molar-refractivity contribution in [2.24, 2.45) is 7.05 Å². The average Bonchev–Trinajstić information content (AvgIpc) is 2.77. The number of amides is 1. The second-order valence-corrected chi connectivity index (χ2v) is 5.57. The van der Waals surface area contributed by atoms with Crippen LogP contribution in [0.3, 0.4) is 0 Å². The van der Waals surface area contributed by atoms with Gasteiger partial charge in [-0.25, -0.2) is 0 Å². The second-order valence-electron chi connectivity index (χ2n) is 5.57. The van der Waals surface area contributed by atoms with Crippen molar-refractivity contribution in [1.82, 2.24) is 14.7 Å². The van der Waals surface area contributed by atoms with E-state index in [1.165, 1.54) is 0 Å². The van der Waals surface area contributed by atoms with Crippen LogP contribution in [0.25, 0.3) is 0 Å². The van der Waals surface area contributed by atoms with E-state index in [4.69, 9.17) is 14.2 Å². The molecule has 1 aromatic heterocycles. The number of allylic oxidation sites excluding steroid dienone is 1. The average molecular weight is 323 g/mol. The van der Waals surface area contributed by atoms with Gasteiger partial charge in [0.1, 0.15) is 19.0 Å². The Kier molecular flexibility index (Phi) is 5.65. The molecule has 23 heavy (non-hydrogen) atoms. The van der Waals surface area contributed by atoms with Crippen LogP contribution in [0.1, 0.15) is 23.9 Å². The third-order valence-electron chi connectivity index (χ3n) is 4.02. The molecule has 1 aromatic rings. The molecule has 1 aliphatic heterocycles. The fourth-order valence-electron chi connectivity index (χ4n) is 2.55. The topological polar surface area (TPSA) is 65.8 Å². The molecular weight excluding hydrogens is 298 g/mol. The zero-order valence-electron chi connectivity index (χ0n) is 14.5. The number of ether oxygens (including phenoxy) is 3. The Morgan fingerprint density at radius 3 is 2.57 bits per heavy atom. The number of aromatic nitrogens is 2. The van der Waals surface area contributed by atoms with Crippen molar-refractivity contribution in [3.8, 4) is 0 Å². The van der Waals surface area contributed by atoms with Crippen molar-refractivity contribution in [3.63, 3.8) is 0 Å². The zero-order chi connectivity index (χ0) is 17.0. The predicted molar refractivity (Wildman–Crippen MR) is 84.6 cm³/mol. The third-order valence-corrected chi connectivity index (χ3v) is 4.02. The van der Waals surface area contributed by atoms with Gasteiger partial charge in [-0.2, -0.15) is 5.10 Å². The van der Waals surface area contributed by atoms with Crippen LogP contribution in [0.4, 0.5) is 0 Å². The summed E-state index contributed by atoms with van der Waals surface area (Å²) in [5.74, 6) is 0.636. The molecule has 0 N–H and O–H groups in total. The molecule has 0 aromatic carbocycles. The summed E-state index contributed by atoms with van der Waals surface area (Å²) in [6, 6.07) is 0. The Morgan fingerprint density at radius 2 is 2.00 bits per heavy atom. The minimum Gasteiger partial charge on any atom is -0.491 e. The summed E-state index contributed by atoms with van der Waals surface area (Å²) < 4.78 is 17.9. The summed E-state index contributed by atoms with van der Waals surface area (Å²) in [7, 11) is 3.52. The molecule has 128 valence electrons. The maximum atomic E-state index is 12.8. The van der Waals surface area contributed by atoms with Crippen LogP contribution in [0, 0.1) is 13.8 Å². The summed E-state index contributed by atoms with van der Waals surface area (Å²) in [6.07, 6.45) is 0. The van der Waals surface area contributed by atoms with Gasteiger partial charge in [-0.1, -0.05) is 0 Å². The van der Waals surface area contributed by atoms with Crippen LogP contribution < -0.4 is 0 Å². The molecule has 0 fully saturated rings. The fraction of sp³-hybridized carbons (Fsp3) is 0.625. The van der Waals surface area contributed by atoms with Crippen LogP contribution in [-0.4, -0.2) is 54.1 Å². The quantitative estimate of drug-likeness (QED) is 0.789. The van der Waals surface area contributed by atoms with Gasteiger partial charge < -0.3 is 19.1 Å². The van der Waals surface area contributed by atoms with E-state index in [-0.39, 0.29) is 11.7 Å². The van der Waals surface area contributed by atoms with Gasteiger partial charge >= 0.3 is 0 Å². The van der Waals surface area contributed by atoms with Gasteiger partial charge in [0.25, 0.3) is 5.91 Å². The van der Waals surface area contributed by atoms with E-state index < -0.39 is 0 Å². The lowest BCUT2D eigenvalue weighted by molar-refractivity contribution is -0.134. The van der Waals surface area contributed by atoms with E-state index in [1.54, 1.807) is 18.9 Å². The highest BCUT2D eigenvalue weighted by Crippen LogP contribution is 2.20. The van der Waals surface area contributed by atoms with Gasteiger partial charge in [-0.15, -0.1) is 0 Å². The van der Waals surface area contributed by atoms with Crippen LogP contribution in [0.5, 0.6) is 0 Å². The standard InChI is InChI=1S/C16H25N3O4/c1-11-14(12(2)18(4)17-11)10-19(6-7-21-5)16(20)15-13(3)22-8-9-23-15/h6-10H2,1-5H3. The van der Waals surface area contributed by atoms with Crippen molar-refractivity contribution in [2.75, 3.05) is 33.5 Å². The number of rotatable bonds is 6. The van der Waals surface area contributed by atoms with E-state index in [0.29, 0.717) is 38.7 Å². The molecule has 2 heterocycles. The first-order chi connectivity index (χ1) is 11.0. The zero-order valence-corrected chi connectivity index (χ0v) is 14.5. The molecule has 0 radical (unpaired) electrons. The van der Waals surface area contributed by atoms with Gasteiger partial charge in [0.05, 0.1) is 12.3 Å². The molecule has 0 saturated carbocycles. The Morgan fingerprint density at radius 1 is 1.30 bits per heavy atom. The van der Waals surface area contributed by atoms with Gasteiger partial charge in [0.2, 0.25) is 5.76 Å². The molecule has 0 saturated heterocycles. The summed E-state index contributed by atoms with van der Waals surface area (Å²) in [5.41, 5.74) is 3.02. The SMILES string of the molecule is COCCN(Cc1c(C)nn(C)c1C)C(=O)C1=C(C)OCCO1. The van der Waals surface area contributed by atoms with Crippen LogP contribution in [-0.2, 0) is 32.6 Å². The van der Waals surface area contributed by atoms with Gasteiger partial charge in [0, 0.05) is 38.5 Å². The Balaban J connectivity index is 2.24. The maximum absolute atomic E-state index is 12.8. The molecule has 0 unspecified atom stereocenters. The minimum absolute atomic E-state index is 0.179. The third kappa shape index (κ3) is 3.85. The smallest absolute Gasteiger partial charge is 0.292 e. The first-order valence-electron chi connectivity index (χ1n) is 7.69. The number of carbonyl (C=O) groups is 1. The van der Waals surface area contributed by atoms with Crippen LogP contribution >= 0.6 is 0 Å². The molecule has 7 nitrogen and oxygen atoms in total. The minimum atomic E-state index is -0.179. The first-order valence-corrected chi connectivity index (χ1v) is 7.69. The monoisotopic (exact) mass is 323 g/mol. The highest BCUT2D eigenvalue weighted by atomic mass is 16.6. The molecule has 7 heteroatoms. The van der Waals surface area contributed by atoms with Crippen LogP contribution in [0.2, 0.25) is 0 Å². The maximum Gasteiger partial charge on any atom is 0.292 e. The molecular formula is C16H25N3O4. The largest absolute Gasteiger partial charge is 0.491 e. The van der Waals surface area contributed by atoms with Gasteiger partial charge in [-0.05, 0) is 20.8 Å². The van der Waals surface area contributed by atoms with Crippen molar-refractivity contribution < 1.29 is 19.0 Å². The van der Waals surface area contributed by atoms with E-state index in [1.807, 2.05) is 25.6 Å². The van der Waals surface area contributed by atoms with E-state index in [2.05, 4.69) is 5.10 Å². The Labute approximate surface area is 136 Å². The number of hydrogen-bond acceptors (Lipinski definition) is 5. The summed E-state index contributed by atoms with van der Waals surface area (Å²) in [5, 5.41) is 4.41. The lowest BCUT2D eigenvalue weighted by atomic mass is 10.1. The van der Waals surface area contributed by atoms with Crippen molar-refractivity contribution in [3.05, 3.63) is 28.5 Å². The highest BCUT2D eigenvalue weighted by molar-refractivity contribution is 5.92. The Bertz CT molecular complexity index is 607. The number of methoxy groups -OCH3 is 1. The normalized spacial score (nSPS) is 14.5. The number of nitrogens with zero attached hydrogens (tertiary/aromatic N) is 3. The van der Waals surface area contributed by atoms with Crippen molar-refractivity contribution >= 4 is 5.91 Å². The van der Waals surface area contributed by atoms with Gasteiger partial charge in [0.15, 0.2) is 0 Å². The van der Waals surface area contributed by atoms with E-state index >= 15 is 0 Å². The highest BCUT2D eigenvalue weighted by Gasteiger charge is 2.26. The number of hydrogen-bond donors (Lipinski definition) is 0. The van der Waals surface area contributed by atoms with Crippen molar-refractivity contribution in [2.45, 2.75) is 27.3 Å². The number of carbonyl (C=O) groups excluding carboxylic acids is 1. The van der Waals surface area contributed by atoms with Gasteiger partial charge in [-0.3, -0.25) is 9.48 Å². The first kappa shape index (κ1) is 17.3. The molecule has 0 atom stereocenters. The van der Waals surface area contributed by atoms with Crippen LogP contribution in [0.15, 0.2) is 11.5 Å². The lowest BCUT2D eigenvalue weighted by Crippen LogP contribution is -2.37. The Hall–Kier alpha value is -2.02. The molecule has 1 aliphatic rings. The molecule has 2 rings (SSSR count). The predicted octanol–water partition coefficient (Wildman–Crippen LogP) is 1.29. The fourth-order valence-corrected chi connectivity index (χ4v) is 2.55. The number of aryl methyl sites for hydroxylation is 2. The molecule has 0 spiro atoms. The summed E-state index contributed by atoms with van der Waals surface area (Å²) in [4.78, 5) is 14.5. The molecule has 0 aliphatic carbocycles. The summed E-state index contributed by atoms with van der Waals surface area (Å²) >= 11 is 0. The second kappa shape index (κ2) is 7.50. The summed E-state index contributed by atoms with van der Waals surface area (Å²) in [6.45, 7) is 7.96. The van der Waals surface area contributed by atoms with Crippen molar-refractivity contribution in [1.29, 1.82) is 0 Å². The van der Waals surface area contributed by atoms with E-state index in [0.717, 1.165) is 17.0 Å². The lowest BCUT2D eigenvalue weighted by Gasteiger charge is -2.26. The molecule has 0 bridgehead atoms. The van der Waals surface area contributed by atoms with E-state index in [9.17, 15) is 4.79 Å². The molecule has 1 amide bonds.